The highest BCUT2D eigenvalue weighted by Crippen LogP contribution is 2.26. The van der Waals surface area contributed by atoms with Crippen molar-refractivity contribution in [2.45, 2.75) is 37.2 Å². The molecule has 0 aliphatic heterocycles. The first kappa shape index (κ1) is 30.3. The molecule has 3 rings (SSSR count). The molecule has 10 heteroatoms. The highest BCUT2D eigenvalue weighted by atomic mass is 35.5. The van der Waals surface area contributed by atoms with Gasteiger partial charge in [-0.15, -0.1) is 0 Å². The molecule has 208 valence electrons. The van der Waals surface area contributed by atoms with Crippen molar-refractivity contribution in [1.29, 1.82) is 0 Å². The van der Waals surface area contributed by atoms with Gasteiger partial charge in [0.1, 0.15) is 6.04 Å². The van der Waals surface area contributed by atoms with Gasteiger partial charge >= 0.3 is 0 Å². The zero-order chi connectivity index (χ0) is 28.3. The Kier molecular flexibility index (Phi) is 11.5. The second-order valence-electron chi connectivity index (χ2n) is 8.89. The second-order valence-corrected chi connectivity index (χ2v) is 11.1. The van der Waals surface area contributed by atoms with Crippen LogP contribution in [0.2, 0.25) is 5.02 Å². The molecule has 3 aromatic carbocycles. The predicted octanol–water partition coefficient (Wildman–Crippen LogP) is 4.10. The number of methoxy groups -OCH3 is 1. The Hall–Kier alpha value is -3.24. The molecule has 1 atom stereocenters. The number of hydrogen-bond donors (Lipinski definition) is 2. The van der Waals surface area contributed by atoms with E-state index < -0.39 is 16.1 Å². The molecular weight excluding hydrogens is 538 g/mol. The first-order chi connectivity index (χ1) is 18.7. The first-order valence-electron chi connectivity index (χ1n) is 12.7. The number of sulfonamides is 1. The number of halogens is 1. The van der Waals surface area contributed by atoms with Crippen LogP contribution in [0.3, 0.4) is 0 Å². The Morgan fingerprint density at radius 2 is 1.59 bits per heavy atom. The number of amides is 2. The molecule has 3 aromatic rings. The molecule has 0 spiro atoms. The summed E-state index contributed by atoms with van der Waals surface area (Å²) in [6.07, 6.45) is 0.506. The Bertz CT molecular complexity index is 1320. The summed E-state index contributed by atoms with van der Waals surface area (Å²) in [5.41, 5.74) is 2.33. The Balaban J connectivity index is 1.87. The van der Waals surface area contributed by atoms with E-state index in [9.17, 15) is 18.0 Å². The number of benzene rings is 3. The Morgan fingerprint density at radius 3 is 2.21 bits per heavy atom. The van der Waals surface area contributed by atoms with Crippen LogP contribution in [0, 0.1) is 0 Å². The maximum Gasteiger partial charge on any atom is 0.247 e. The van der Waals surface area contributed by atoms with Gasteiger partial charge in [0.05, 0.1) is 11.5 Å². The van der Waals surface area contributed by atoms with Crippen LogP contribution in [-0.4, -0.2) is 51.9 Å². The van der Waals surface area contributed by atoms with Gasteiger partial charge in [0.2, 0.25) is 21.8 Å². The van der Waals surface area contributed by atoms with Crippen molar-refractivity contribution in [3.63, 3.8) is 0 Å². The fourth-order valence-corrected chi connectivity index (χ4v) is 5.26. The normalized spacial score (nSPS) is 12.1. The minimum absolute atomic E-state index is 0.127. The van der Waals surface area contributed by atoms with Crippen LogP contribution in [0.1, 0.15) is 36.1 Å². The van der Waals surface area contributed by atoms with Crippen molar-refractivity contribution in [1.82, 2.24) is 14.9 Å². The maximum atomic E-state index is 13.7. The van der Waals surface area contributed by atoms with Gasteiger partial charge in [-0.3, -0.25) is 9.59 Å². The zero-order valence-electron chi connectivity index (χ0n) is 22.1. The number of carbonyl (C=O) groups is 2. The number of aryl methyl sites for hydroxylation is 1. The number of nitrogens with zero attached hydrogens (tertiary/aromatic N) is 1. The molecular formula is C29H34ClN3O5S. The number of nitrogens with one attached hydrogen (secondary N) is 2. The summed E-state index contributed by atoms with van der Waals surface area (Å²) in [4.78, 5) is 28.9. The number of carbonyl (C=O) groups excluding carboxylic acids is 2. The van der Waals surface area contributed by atoms with Crippen LogP contribution in [-0.2, 0) is 37.3 Å². The van der Waals surface area contributed by atoms with E-state index in [4.69, 9.17) is 16.3 Å². The van der Waals surface area contributed by atoms with Crippen molar-refractivity contribution in [2.24, 2.45) is 0 Å². The van der Waals surface area contributed by atoms with Gasteiger partial charge in [-0.2, -0.15) is 0 Å². The summed E-state index contributed by atoms with van der Waals surface area (Å²) in [5.74, 6) is -0.524. The standard InChI is InChI=1S/C29H34ClN3O5S/c1-3-32-39(36,37)26-16-11-22(12-17-26)13-18-27(34)33(21-23-9-14-25(30)15-10-23)28(24-7-5-4-6-8-24)29(35)31-19-20-38-2/h4-12,14-17,28,32H,3,13,18-21H2,1-2H3,(H,31,35)/t28-/m0/s1. The summed E-state index contributed by atoms with van der Waals surface area (Å²) in [7, 11) is -2.00. The highest BCUT2D eigenvalue weighted by Gasteiger charge is 2.31. The average Bonchev–Trinajstić information content (AvgIpc) is 2.93. The van der Waals surface area contributed by atoms with Crippen LogP contribution in [0.25, 0.3) is 0 Å². The SMILES string of the molecule is CCNS(=O)(=O)c1ccc(CCC(=O)N(Cc2ccc(Cl)cc2)[C@H](C(=O)NCCOC)c2ccccc2)cc1. The van der Waals surface area contributed by atoms with E-state index in [2.05, 4.69) is 10.0 Å². The molecule has 2 N–H and O–H groups in total. The summed E-state index contributed by atoms with van der Waals surface area (Å²) in [5, 5.41) is 3.45. The summed E-state index contributed by atoms with van der Waals surface area (Å²) in [6, 6.07) is 21.9. The first-order valence-corrected chi connectivity index (χ1v) is 14.6. The molecule has 0 radical (unpaired) electrons. The lowest BCUT2D eigenvalue weighted by Crippen LogP contribution is -2.44. The van der Waals surface area contributed by atoms with E-state index in [1.807, 2.05) is 42.5 Å². The number of hydrogen-bond acceptors (Lipinski definition) is 5. The van der Waals surface area contributed by atoms with E-state index in [1.165, 1.54) is 12.1 Å². The van der Waals surface area contributed by atoms with Crippen molar-refractivity contribution in [3.05, 3.63) is 101 Å². The molecule has 0 aromatic heterocycles. The highest BCUT2D eigenvalue weighted by molar-refractivity contribution is 7.89. The van der Waals surface area contributed by atoms with Crippen molar-refractivity contribution < 1.29 is 22.7 Å². The van der Waals surface area contributed by atoms with Crippen LogP contribution in [0.15, 0.2) is 83.8 Å². The summed E-state index contributed by atoms with van der Waals surface area (Å²) >= 11 is 6.07. The molecule has 8 nitrogen and oxygen atoms in total. The predicted molar refractivity (Wildman–Crippen MR) is 152 cm³/mol. The Labute approximate surface area is 235 Å². The van der Waals surface area contributed by atoms with Crippen LogP contribution in [0.4, 0.5) is 0 Å². The molecule has 2 amide bonds. The van der Waals surface area contributed by atoms with Gasteiger partial charge in [-0.1, -0.05) is 73.1 Å². The lowest BCUT2D eigenvalue weighted by atomic mass is 10.0. The van der Waals surface area contributed by atoms with Crippen molar-refractivity contribution in [3.8, 4) is 0 Å². The molecule has 0 saturated carbocycles. The molecule has 0 aliphatic rings. The minimum Gasteiger partial charge on any atom is -0.383 e. The third-order valence-electron chi connectivity index (χ3n) is 6.06. The lowest BCUT2D eigenvalue weighted by molar-refractivity contribution is -0.141. The van der Waals surface area contributed by atoms with Gasteiger partial charge in [0, 0.05) is 38.2 Å². The average molecular weight is 572 g/mol. The van der Waals surface area contributed by atoms with E-state index >= 15 is 0 Å². The van der Waals surface area contributed by atoms with E-state index in [-0.39, 0.29) is 29.7 Å². The lowest BCUT2D eigenvalue weighted by Gasteiger charge is -2.32. The van der Waals surface area contributed by atoms with Gasteiger partial charge in [0.15, 0.2) is 0 Å². The minimum atomic E-state index is -3.56. The van der Waals surface area contributed by atoms with E-state index in [1.54, 1.807) is 43.2 Å². The molecule has 0 aliphatic carbocycles. The van der Waals surface area contributed by atoms with Crippen LogP contribution < -0.4 is 10.0 Å². The fourth-order valence-electron chi connectivity index (χ4n) is 4.09. The molecule has 0 fully saturated rings. The topological polar surface area (TPSA) is 105 Å². The zero-order valence-corrected chi connectivity index (χ0v) is 23.7. The molecule has 0 heterocycles. The van der Waals surface area contributed by atoms with Gasteiger partial charge in [0.25, 0.3) is 0 Å². The number of rotatable bonds is 14. The fraction of sp³-hybridized carbons (Fsp3) is 0.310. The van der Waals surface area contributed by atoms with Crippen LogP contribution >= 0.6 is 11.6 Å². The molecule has 39 heavy (non-hydrogen) atoms. The maximum absolute atomic E-state index is 13.7. The van der Waals surface area contributed by atoms with E-state index in [0.29, 0.717) is 36.7 Å². The van der Waals surface area contributed by atoms with Crippen molar-refractivity contribution in [2.75, 3.05) is 26.8 Å². The van der Waals surface area contributed by atoms with Crippen molar-refractivity contribution >= 4 is 33.4 Å². The van der Waals surface area contributed by atoms with Gasteiger partial charge < -0.3 is 15.0 Å². The quantitative estimate of drug-likeness (QED) is 0.283. The van der Waals surface area contributed by atoms with Gasteiger partial charge in [-0.05, 0) is 47.4 Å². The molecule has 0 bridgehead atoms. The second kappa shape index (κ2) is 14.8. The monoisotopic (exact) mass is 571 g/mol. The molecule has 0 saturated heterocycles. The Morgan fingerprint density at radius 1 is 0.949 bits per heavy atom. The summed E-state index contributed by atoms with van der Waals surface area (Å²) in [6.45, 7) is 2.87. The smallest absolute Gasteiger partial charge is 0.247 e. The van der Waals surface area contributed by atoms with Crippen LogP contribution in [0.5, 0.6) is 0 Å². The largest absolute Gasteiger partial charge is 0.383 e. The third-order valence-corrected chi connectivity index (χ3v) is 7.88. The third kappa shape index (κ3) is 8.90. The summed E-state index contributed by atoms with van der Waals surface area (Å²) < 4.78 is 32.0. The van der Waals surface area contributed by atoms with Gasteiger partial charge in [-0.25, -0.2) is 13.1 Å². The molecule has 0 unspecified atom stereocenters. The van der Waals surface area contributed by atoms with E-state index in [0.717, 1.165) is 11.1 Å². The number of ether oxygens (including phenoxy) is 1.